The first-order valence-corrected chi connectivity index (χ1v) is 6.46. The number of nitrogens with zero attached hydrogens (tertiary/aromatic N) is 2. The molecule has 2 aromatic carbocycles. The third kappa shape index (κ3) is 2.24. The zero-order valence-electron chi connectivity index (χ0n) is 9.88. The molecule has 2 N–H and O–H groups in total. The van der Waals surface area contributed by atoms with Crippen molar-refractivity contribution in [3.8, 4) is 11.6 Å². The van der Waals surface area contributed by atoms with Crippen molar-refractivity contribution < 1.29 is 4.74 Å². The molecule has 0 bridgehead atoms. The largest absolute Gasteiger partial charge is 0.437 e. The highest BCUT2D eigenvalue weighted by molar-refractivity contribution is 9.10. The molecule has 0 aliphatic heterocycles. The highest BCUT2D eigenvalue weighted by Gasteiger charge is 2.10. The van der Waals surface area contributed by atoms with E-state index in [1.807, 2.05) is 42.5 Å². The van der Waals surface area contributed by atoms with Crippen LogP contribution in [0.25, 0.3) is 10.8 Å². The van der Waals surface area contributed by atoms with Crippen LogP contribution in [-0.4, -0.2) is 9.97 Å². The van der Waals surface area contributed by atoms with Crippen LogP contribution in [0.4, 0.5) is 5.82 Å². The van der Waals surface area contributed by atoms with E-state index in [1.165, 1.54) is 6.33 Å². The number of fused-ring (bicyclic) bond motifs is 1. The van der Waals surface area contributed by atoms with Gasteiger partial charge in [-0.1, -0.05) is 36.4 Å². The van der Waals surface area contributed by atoms with Gasteiger partial charge in [0.15, 0.2) is 0 Å². The molecule has 0 unspecified atom stereocenters. The molecule has 3 aromatic rings. The summed E-state index contributed by atoms with van der Waals surface area (Å²) < 4.78 is 6.38. The summed E-state index contributed by atoms with van der Waals surface area (Å²) in [5, 5.41) is 2.13. The summed E-state index contributed by atoms with van der Waals surface area (Å²) in [5.41, 5.74) is 5.71. The third-order valence-electron chi connectivity index (χ3n) is 2.74. The van der Waals surface area contributed by atoms with Gasteiger partial charge in [-0.2, -0.15) is 0 Å². The Kier molecular flexibility index (Phi) is 3.05. The number of hydrogen-bond donors (Lipinski definition) is 1. The van der Waals surface area contributed by atoms with E-state index >= 15 is 0 Å². The molecule has 0 saturated heterocycles. The van der Waals surface area contributed by atoms with Gasteiger partial charge in [0.25, 0.3) is 0 Å². The number of ether oxygens (including phenoxy) is 1. The fraction of sp³-hybridized carbons (Fsp3) is 0. The van der Waals surface area contributed by atoms with Crippen LogP contribution in [0, 0.1) is 0 Å². The van der Waals surface area contributed by atoms with Gasteiger partial charge in [-0.25, -0.2) is 9.97 Å². The lowest BCUT2D eigenvalue weighted by atomic mass is 10.1. The second kappa shape index (κ2) is 4.85. The van der Waals surface area contributed by atoms with Crippen LogP contribution in [0.3, 0.4) is 0 Å². The van der Waals surface area contributed by atoms with E-state index in [0.29, 0.717) is 16.2 Å². The van der Waals surface area contributed by atoms with Crippen LogP contribution in [-0.2, 0) is 0 Å². The van der Waals surface area contributed by atoms with Gasteiger partial charge in [-0.15, -0.1) is 0 Å². The number of rotatable bonds is 2. The van der Waals surface area contributed by atoms with Crippen molar-refractivity contribution in [2.45, 2.75) is 0 Å². The van der Waals surface area contributed by atoms with Crippen molar-refractivity contribution in [3.05, 3.63) is 53.3 Å². The topological polar surface area (TPSA) is 61.0 Å². The zero-order chi connectivity index (χ0) is 13.2. The lowest BCUT2D eigenvalue weighted by Gasteiger charge is -2.09. The lowest BCUT2D eigenvalue weighted by Crippen LogP contribution is -1.96. The fourth-order valence-electron chi connectivity index (χ4n) is 1.83. The van der Waals surface area contributed by atoms with Crippen LogP contribution < -0.4 is 10.5 Å². The van der Waals surface area contributed by atoms with Gasteiger partial charge in [0.1, 0.15) is 22.4 Å². The molecule has 19 heavy (non-hydrogen) atoms. The lowest BCUT2D eigenvalue weighted by molar-refractivity contribution is 0.464. The summed E-state index contributed by atoms with van der Waals surface area (Å²) in [5.74, 6) is 1.49. The molecule has 0 fully saturated rings. The van der Waals surface area contributed by atoms with Crippen LogP contribution in [0.1, 0.15) is 0 Å². The molecule has 0 atom stereocenters. The molecule has 0 aliphatic rings. The van der Waals surface area contributed by atoms with E-state index < -0.39 is 0 Å². The molecule has 0 radical (unpaired) electrons. The van der Waals surface area contributed by atoms with Gasteiger partial charge < -0.3 is 10.5 Å². The maximum atomic E-state index is 5.83. The Bertz CT molecular complexity index is 740. The number of benzene rings is 2. The van der Waals surface area contributed by atoms with E-state index in [4.69, 9.17) is 10.5 Å². The Morgan fingerprint density at radius 3 is 2.68 bits per heavy atom. The van der Waals surface area contributed by atoms with Crippen molar-refractivity contribution in [2.24, 2.45) is 0 Å². The van der Waals surface area contributed by atoms with E-state index in [0.717, 1.165) is 16.5 Å². The molecule has 4 nitrogen and oxygen atoms in total. The highest BCUT2D eigenvalue weighted by atomic mass is 79.9. The Balaban J connectivity index is 2.09. The van der Waals surface area contributed by atoms with Crippen molar-refractivity contribution in [2.75, 3.05) is 5.73 Å². The molecule has 0 amide bonds. The van der Waals surface area contributed by atoms with E-state index in [1.54, 1.807) is 0 Å². The molecule has 0 spiro atoms. The normalized spacial score (nSPS) is 10.6. The fourth-order valence-corrected chi connectivity index (χ4v) is 2.11. The summed E-state index contributed by atoms with van der Waals surface area (Å²) in [6.07, 6.45) is 1.38. The molecule has 0 saturated carbocycles. The first-order chi connectivity index (χ1) is 9.25. The van der Waals surface area contributed by atoms with Crippen molar-refractivity contribution in [3.63, 3.8) is 0 Å². The number of nitrogens with two attached hydrogens (primary N) is 1. The summed E-state index contributed by atoms with van der Waals surface area (Å²) >= 11 is 3.33. The van der Waals surface area contributed by atoms with E-state index in [9.17, 15) is 0 Å². The predicted molar refractivity (Wildman–Crippen MR) is 78.2 cm³/mol. The maximum absolute atomic E-state index is 5.83. The van der Waals surface area contributed by atoms with Crippen LogP contribution >= 0.6 is 15.9 Å². The highest BCUT2D eigenvalue weighted by Crippen LogP contribution is 2.33. The minimum atomic E-state index is 0.352. The Morgan fingerprint density at radius 2 is 1.79 bits per heavy atom. The minimum absolute atomic E-state index is 0.352. The van der Waals surface area contributed by atoms with Gasteiger partial charge in [0, 0.05) is 5.39 Å². The number of hydrogen-bond acceptors (Lipinski definition) is 4. The van der Waals surface area contributed by atoms with Crippen molar-refractivity contribution in [1.29, 1.82) is 0 Å². The Morgan fingerprint density at radius 1 is 1.00 bits per heavy atom. The zero-order valence-corrected chi connectivity index (χ0v) is 11.5. The second-order valence-electron chi connectivity index (χ2n) is 3.96. The molecule has 0 aliphatic carbocycles. The average Bonchev–Trinajstić information content (AvgIpc) is 2.44. The number of halogens is 1. The minimum Gasteiger partial charge on any atom is -0.437 e. The van der Waals surface area contributed by atoms with Gasteiger partial charge >= 0.3 is 0 Å². The van der Waals surface area contributed by atoms with Gasteiger partial charge in [-0.05, 0) is 27.4 Å². The number of aromatic nitrogens is 2. The molecule has 1 heterocycles. The second-order valence-corrected chi connectivity index (χ2v) is 4.75. The Labute approximate surface area is 118 Å². The van der Waals surface area contributed by atoms with Crippen LogP contribution in [0.2, 0.25) is 0 Å². The number of nitrogen functional groups attached to an aromatic ring is 1. The smallest absolute Gasteiger partial charge is 0.238 e. The SMILES string of the molecule is Nc1ncnc(Oc2cccc3ccccc23)c1Br. The number of anilines is 1. The standard InChI is InChI=1S/C14H10BrN3O/c15-12-13(16)17-8-18-14(12)19-11-7-3-5-9-4-1-2-6-10(9)11/h1-8H,(H2,16,17,18). The van der Waals surface area contributed by atoms with Gasteiger partial charge in [-0.3, -0.25) is 0 Å². The molecule has 3 rings (SSSR count). The van der Waals surface area contributed by atoms with Crippen molar-refractivity contribution in [1.82, 2.24) is 9.97 Å². The van der Waals surface area contributed by atoms with Gasteiger partial charge in [0.05, 0.1) is 0 Å². The van der Waals surface area contributed by atoms with E-state index in [-0.39, 0.29) is 0 Å². The molecule has 1 aromatic heterocycles. The summed E-state index contributed by atoms with van der Waals surface area (Å²) in [6, 6.07) is 13.9. The Hall–Kier alpha value is -2.14. The summed E-state index contributed by atoms with van der Waals surface area (Å²) in [7, 11) is 0. The molecular formula is C14H10BrN3O. The van der Waals surface area contributed by atoms with Gasteiger partial charge in [0.2, 0.25) is 5.88 Å². The predicted octanol–water partition coefficient (Wildman–Crippen LogP) is 3.77. The third-order valence-corrected chi connectivity index (χ3v) is 3.49. The monoisotopic (exact) mass is 315 g/mol. The quantitative estimate of drug-likeness (QED) is 0.782. The van der Waals surface area contributed by atoms with Crippen LogP contribution in [0.5, 0.6) is 11.6 Å². The molecular weight excluding hydrogens is 306 g/mol. The molecule has 94 valence electrons. The van der Waals surface area contributed by atoms with Crippen LogP contribution in [0.15, 0.2) is 53.3 Å². The van der Waals surface area contributed by atoms with E-state index in [2.05, 4.69) is 25.9 Å². The molecule has 5 heteroatoms. The summed E-state index contributed by atoms with van der Waals surface area (Å²) in [6.45, 7) is 0. The van der Waals surface area contributed by atoms with Crippen molar-refractivity contribution >= 4 is 32.5 Å². The average molecular weight is 316 g/mol. The first kappa shape index (κ1) is 11.9. The first-order valence-electron chi connectivity index (χ1n) is 5.67. The summed E-state index contributed by atoms with van der Waals surface area (Å²) in [4.78, 5) is 7.96. The maximum Gasteiger partial charge on any atom is 0.238 e.